The lowest BCUT2D eigenvalue weighted by atomic mass is 9.94. The first-order valence-corrected chi connectivity index (χ1v) is 4.88. The molecule has 1 aromatic rings. The van der Waals surface area contributed by atoms with Crippen LogP contribution in [0.3, 0.4) is 0 Å². The van der Waals surface area contributed by atoms with Gasteiger partial charge in [0.15, 0.2) is 0 Å². The van der Waals surface area contributed by atoms with Crippen molar-refractivity contribution in [3.8, 4) is 5.75 Å². The van der Waals surface area contributed by atoms with Crippen LogP contribution in [-0.4, -0.2) is 13.7 Å². The van der Waals surface area contributed by atoms with Gasteiger partial charge in [-0.2, -0.15) is 0 Å². The van der Waals surface area contributed by atoms with Crippen molar-refractivity contribution in [2.45, 2.75) is 12.5 Å². The van der Waals surface area contributed by atoms with E-state index in [1.807, 2.05) is 12.1 Å². The van der Waals surface area contributed by atoms with Gasteiger partial charge in [-0.25, -0.2) is 0 Å². The van der Waals surface area contributed by atoms with Crippen molar-refractivity contribution < 1.29 is 4.74 Å². The van der Waals surface area contributed by atoms with E-state index in [0.29, 0.717) is 0 Å². The van der Waals surface area contributed by atoms with Crippen LogP contribution in [0, 0.1) is 0 Å². The van der Waals surface area contributed by atoms with E-state index < -0.39 is 0 Å². The van der Waals surface area contributed by atoms with Crippen molar-refractivity contribution in [3.63, 3.8) is 0 Å². The van der Waals surface area contributed by atoms with Gasteiger partial charge in [-0.15, -0.1) is 6.58 Å². The lowest BCUT2D eigenvalue weighted by Gasteiger charge is -2.24. The van der Waals surface area contributed by atoms with E-state index in [1.54, 1.807) is 7.11 Å². The van der Waals surface area contributed by atoms with Crippen LogP contribution in [0.15, 0.2) is 30.9 Å². The first-order valence-electron chi connectivity index (χ1n) is 4.88. The van der Waals surface area contributed by atoms with E-state index in [1.165, 1.54) is 11.1 Å². The van der Waals surface area contributed by atoms with Gasteiger partial charge in [0.05, 0.1) is 13.2 Å². The molecule has 0 saturated carbocycles. The summed E-state index contributed by atoms with van der Waals surface area (Å²) in [6.45, 7) is 4.86. The summed E-state index contributed by atoms with van der Waals surface area (Å²) in [5, 5.41) is 3.40. The molecule has 1 N–H and O–H groups in total. The molecule has 0 bridgehead atoms. The van der Waals surface area contributed by atoms with Gasteiger partial charge in [0.1, 0.15) is 5.75 Å². The maximum atomic E-state index is 5.21. The normalized spacial score (nSPS) is 19.9. The second-order valence-corrected chi connectivity index (χ2v) is 3.48. The summed E-state index contributed by atoms with van der Waals surface area (Å²) in [6, 6.07) is 6.53. The molecule has 0 fully saturated rings. The van der Waals surface area contributed by atoms with Crippen LogP contribution >= 0.6 is 0 Å². The van der Waals surface area contributed by atoms with E-state index in [2.05, 4.69) is 24.0 Å². The lowest BCUT2D eigenvalue weighted by Crippen LogP contribution is -2.28. The van der Waals surface area contributed by atoms with Crippen LogP contribution in [0.2, 0.25) is 0 Å². The lowest BCUT2D eigenvalue weighted by molar-refractivity contribution is 0.412. The summed E-state index contributed by atoms with van der Waals surface area (Å²) in [4.78, 5) is 0. The van der Waals surface area contributed by atoms with Crippen LogP contribution < -0.4 is 10.1 Å². The first-order chi connectivity index (χ1) is 6.85. The third-order valence-corrected chi connectivity index (χ3v) is 2.68. The van der Waals surface area contributed by atoms with Gasteiger partial charge in [-0.05, 0) is 29.7 Å². The van der Waals surface area contributed by atoms with Crippen LogP contribution in [0.25, 0.3) is 0 Å². The van der Waals surface area contributed by atoms with Crippen molar-refractivity contribution in [2.75, 3.05) is 13.7 Å². The summed E-state index contributed by atoms with van der Waals surface area (Å²) in [5.74, 6) is 0.916. The monoisotopic (exact) mass is 189 g/mol. The number of rotatable bonds is 2. The average Bonchev–Trinajstić information content (AvgIpc) is 2.27. The van der Waals surface area contributed by atoms with Gasteiger partial charge in [0.2, 0.25) is 0 Å². The number of ether oxygens (including phenoxy) is 1. The molecule has 0 amide bonds. The van der Waals surface area contributed by atoms with Gasteiger partial charge in [0.25, 0.3) is 0 Å². The summed E-state index contributed by atoms with van der Waals surface area (Å²) < 4.78 is 5.21. The Morgan fingerprint density at radius 3 is 3.14 bits per heavy atom. The zero-order valence-electron chi connectivity index (χ0n) is 8.42. The molecule has 1 aliphatic rings. The molecule has 2 nitrogen and oxygen atoms in total. The highest BCUT2D eigenvalue weighted by molar-refractivity contribution is 5.40. The van der Waals surface area contributed by atoms with E-state index in [0.717, 1.165) is 18.7 Å². The Balaban J connectivity index is 2.43. The molecule has 2 heteroatoms. The SMILES string of the molecule is C=CC1NCCc2ccc(OC)cc21. The van der Waals surface area contributed by atoms with E-state index in [4.69, 9.17) is 4.74 Å². The van der Waals surface area contributed by atoms with Crippen molar-refractivity contribution in [1.29, 1.82) is 0 Å². The predicted octanol–water partition coefficient (Wildman–Crippen LogP) is 2.07. The second kappa shape index (κ2) is 3.84. The molecule has 1 aromatic carbocycles. The van der Waals surface area contributed by atoms with Gasteiger partial charge < -0.3 is 10.1 Å². The molecule has 2 rings (SSSR count). The van der Waals surface area contributed by atoms with Crippen LogP contribution in [-0.2, 0) is 6.42 Å². The Labute approximate surface area is 84.6 Å². The fraction of sp³-hybridized carbons (Fsp3) is 0.333. The Morgan fingerprint density at radius 2 is 2.43 bits per heavy atom. The van der Waals surface area contributed by atoms with Gasteiger partial charge >= 0.3 is 0 Å². The maximum absolute atomic E-state index is 5.21. The molecule has 1 aliphatic heterocycles. The van der Waals surface area contributed by atoms with Crippen LogP contribution in [0.5, 0.6) is 5.75 Å². The third-order valence-electron chi connectivity index (χ3n) is 2.68. The zero-order chi connectivity index (χ0) is 9.97. The Bertz CT molecular complexity index is 346. The summed E-state index contributed by atoms with van der Waals surface area (Å²) in [6.07, 6.45) is 3.03. The molecule has 74 valence electrons. The van der Waals surface area contributed by atoms with Crippen LogP contribution in [0.4, 0.5) is 0 Å². The van der Waals surface area contributed by atoms with Crippen molar-refractivity contribution in [2.24, 2.45) is 0 Å². The minimum absolute atomic E-state index is 0.272. The van der Waals surface area contributed by atoms with Gasteiger partial charge in [-0.1, -0.05) is 12.1 Å². The smallest absolute Gasteiger partial charge is 0.119 e. The number of nitrogens with one attached hydrogen (secondary N) is 1. The highest BCUT2D eigenvalue weighted by atomic mass is 16.5. The van der Waals surface area contributed by atoms with Crippen molar-refractivity contribution in [1.82, 2.24) is 5.32 Å². The number of benzene rings is 1. The standard InChI is InChI=1S/C12H15NO/c1-3-12-11-8-10(14-2)5-4-9(11)6-7-13-12/h3-5,8,12-13H,1,6-7H2,2H3. The highest BCUT2D eigenvalue weighted by Crippen LogP contribution is 2.27. The van der Waals surface area contributed by atoms with E-state index in [-0.39, 0.29) is 6.04 Å². The number of fused-ring (bicyclic) bond motifs is 1. The summed E-state index contributed by atoms with van der Waals surface area (Å²) in [7, 11) is 1.70. The third kappa shape index (κ3) is 1.53. The fourth-order valence-electron chi connectivity index (χ4n) is 1.90. The maximum Gasteiger partial charge on any atom is 0.119 e. The fourth-order valence-corrected chi connectivity index (χ4v) is 1.90. The average molecular weight is 189 g/mol. The van der Waals surface area contributed by atoms with Gasteiger partial charge in [0, 0.05) is 6.54 Å². The van der Waals surface area contributed by atoms with E-state index >= 15 is 0 Å². The Morgan fingerprint density at radius 1 is 1.57 bits per heavy atom. The predicted molar refractivity (Wildman–Crippen MR) is 57.6 cm³/mol. The van der Waals surface area contributed by atoms with Crippen LogP contribution in [0.1, 0.15) is 17.2 Å². The molecular formula is C12H15NO. The topological polar surface area (TPSA) is 21.3 Å². The van der Waals surface area contributed by atoms with Crippen molar-refractivity contribution in [3.05, 3.63) is 42.0 Å². The molecule has 1 unspecified atom stereocenters. The molecule has 1 atom stereocenters. The minimum Gasteiger partial charge on any atom is -0.497 e. The zero-order valence-corrected chi connectivity index (χ0v) is 8.42. The highest BCUT2D eigenvalue weighted by Gasteiger charge is 2.16. The Hall–Kier alpha value is -1.28. The number of hydrogen-bond donors (Lipinski definition) is 1. The van der Waals surface area contributed by atoms with Gasteiger partial charge in [-0.3, -0.25) is 0 Å². The number of methoxy groups -OCH3 is 1. The molecule has 0 saturated heterocycles. The molecule has 1 heterocycles. The largest absolute Gasteiger partial charge is 0.497 e. The number of hydrogen-bond acceptors (Lipinski definition) is 2. The molecular weight excluding hydrogens is 174 g/mol. The summed E-state index contributed by atoms with van der Waals surface area (Å²) >= 11 is 0. The molecule has 0 spiro atoms. The minimum atomic E-state index is 0.272. The van der Waals surface area contributed by atoms with Crippen molar-refractivity contribution >= 4 is 0 Å². The second-order valence-electron chi connectivity index (χ2n) is 3.48. The first kappa shape index (κ1) is 9.28. The summed E-state index contributed by atoms with van der Waals surface area (Å²) in [5.41, 5.74) is 2.69. The Kier molecular flexibility index (Phi) is 2.55. The molecule has 0 radical (unpaired) electrons. The molecule has 0 aliphatic carbocycles. The van der Waals surface area contributed by atoms with E-state index in [9.17, 15) is 0 Å². The molecule has 14 heavy (non-hydrogen) atoms. The molecule has 0 aromatic heterocycles. The quantitative estimate of drug-likeness (QED) is 0.719.